The summed E-state index contributed by atoms with van der Waals surface area (Å²) in [6.45, 7) is 4.28. The van der Waals surface area contributed by atoms with Gasteiger partial charge in [-0.05, 0) is 6.92 Å². The van der Waals surface area contributed by atoms with Crippen LogP contribution in [0.2, 0.25) is 0 Å². The molecule has 25 heavy (non-hydrogen) atoms. The van der Waals surface area contributed by atoms with Gasteiger partial charge in [-0.2, -0.15) is 0 Å². The number of fused-ring (bicyclic) bond motifs is 1. The van der Waals surface area contributed by atoms with Crippen LogP contribution in [0.4, 0.5) is 0 Å². The monoisotopic (exact) mass is 357 g/mol. The van der Waals surface area contributed by atoms with Crippen molar-refractivity contribution in [3.8, 4) is 11.3 Å². The number of hydrogen-bond acceptors (Lipinski definition) is 5. The Balaban J connectivity index is 1.71. The highest BCUT2D eigenvalue weighted by Crippen LogP contribution is 2.29. The van der Waals surface area contributed by atoms with Crippen LogP contribution in [-0.4, -0.2) is 51.6 Å². The molecule has 3 heterocycles. The second kappa shape index (κ2) is 6.59. The van der Waals surface area contributed by atoms with Gasteiger partial charge in [0.15, 0.2) is 4.96 Å². The molecule has 0 unspecified atom stereocenters. The number of morpholine rings is 1. The van der Waals surface area contributed by atoms with Crippen molar-refractivity contribution in [1.29, 1.82) is 0 Å². The van der Waals surface area contributed by atoms with Crippen molar-refractivity contribution >= 4 is 22.2 Å². The summed E-state index contributed by atoms with van der Waals surface area (Å²) in [5, 5.41) is 9.85. The van der Waals surface area contributed by atoms with Gasteiger partial charge in [-0.1, -0.05) is 41.2 Å². The Bertz CT molecular complexity index is 908. The highest BCUT2D eigenvalue weighted by Gasteiger charge is 2.23. The molecule has 1 fully saturated rings. The average Bonchev–Trinajstić information content (AvgIpc) is 3.20. The number of rotatable bonds is 3. The number of hydrogen-bond donors (Lipinski definition) is 1. The van der Waals surface area contributed by atoms with Crippen LogP contribution in [0.15, 0.2) is 30.5 Å². The van der Waals surface area contributed by atoms with Crippen LogP contribution in [0, 0.1) is 6.92 Å². The molecule has 1 aliphatic heterocycles. The van der Waals surface area contributed by atoms with Crippen molar-refractivity contribution in [3.05, 3.63) is 46.6 Å². The number of carbonyl (C=O) groups excluding carboxylic acids is 1. The van der Waals surface area contributed by atoms with Crippen molar-refractivity contribution in [2.45, 2.75) is 13.5 Å². The number of aryl methyl sites for hydroxylation is 1. The maximum Gasteiger partial charge on any atom is 0.265 e. The zero-order chi connectivity index (χ0) is 17.4. The number of aliphatic hydroxyl groups excluding tert-OH is 1. The van der Waals surface area contributed by atoms with Crippen molar-refractivity contribution in [2.75, 3.05) is 26.3 Å². The average molecular weight is 357 g/mol. The molecule has 2 aromatic heterocycles. The van der Waals surface area contributed by atoms with Crippen molar-refractivity contribution in [3.63, 3.8) is 0 Å². The van der Waals surface area contributed by atoms with Gasteiger partial charge in [0.05, 0.1) is 31.2 Å². The molecule has 0 atom stereocenters. The van der Waals surface area contributed by atoms with Crippen LogP contribution >= 0.6 is 11.3 Å². The molecule has 0 bridgehead atoms. The molecule has 1 aromatic carbocycles. The fraction of sp³-hybridized carbons (Fsp3) is 0.333. The van der Waals surface area contributed by atoms with E-state index in [1.807, 2.05) is 35.6 Å². The maximum absolute atomic E-state index is 12.6. The van der Waals surface area contributed by atoms with E-state index < -0.39 is 0 Å². The van der Waals surface area contributed by atoms with Crippen LogP contribution in [0.1, 0.15) is 20.9 Å². The van der Waals surface area contributed by atoms with Crippen LogP contribution < -0.4 is 0 Å². The minimum absolute atomic E-state index is 0.000393. The van der Waals surface area contributed by atoms with Crippen LogP contribution in [0.3, 0.4) is 0 Å². The van der Waals surface area contributed by atoms with Crippen LogP contribution in [0.25, 0.3) is 16.2 Å². The Morgan fingerprint density at radius 2 is 2.00 bits per heavy atom. The van der Waals surface area contributed by atoms with Gasteiger partial charge in [-0.15, -0.1) is 0 Å². The molecule has 1 N–H and O–H groups in total. The van der Waals surface area contributed by atoms with Gasteiger partial charge >= 0.3 is 0 Å². The van der Waals surface area contributed by atoms with Gasteiger partial charge < -0.3 is 14.7 Å². The third-order valence-electron chi connectivity index (χ3n) is 4.41. The standard InChI is InChI=1S/C18H19N3O3S/c1-12-2-4-13(5-3-12)16-14(11-22)21-10-15(25-18(21)19-16)17(23)20-6-8-24-9-7-20/h2-5,10,22H,6-9,11H2,1H3. The molecule has 0 spiro atoms. The van der Waals surface area contributed by atoms with Gasteiger partial charge in [0.2, 0.25) is 0 Å². The Morgan fingerprint density at radius 1 is 1.28 bits per heavy atom. The summed E-state index contributed by atoms with van der Waals surface area (Å²) >= 11 is 1.36. The predicted molar refractivity (Wildman–Crippen MR) is 95.9 cm³/mol. The molecular formula is C18H19N3O3S. The van der Waals surface area contributed by atoms with E-state index in [0.29, 0.717) is 36.9 Å². The van der Waals surface area contributed by atoms with Crippen molar-refractivity contribution in [1.82, 2.24) is 14.3 Å². The predicted octanol–water partition coefficient (Wildman–Crippen LogP) is 2.34. The van der Waals surface area contributed by atoms with E-state index in [1.54, 1.807) is 11.1 Å². The smallest absolute Gasteiger partial charge is 0.265 e. The van der Waals surface area contributed by atoms with Gasteiger partial charge in [-0.25, -0.2) is 4.98 Å². The molecule has 1 saturated heterocycles. The lowest BCUT2D eigenvalue weighted by Gasteiger charge is -2.26. The van der Waals surface area contributed by atoms with Gasteiger partial charge in [0.25, 0.3) is 5.91 Å². The molecule has 1 amide bonds. The van der Waals surface area contributed by atoms with E-state index in [1.165, 1.54) is 16.9 Å². The van der Waals surface area contributed by atoms with Crippen molar-refractivity contribution < 1.29 is 14.6 Å². The lowest BCUT2D eigenvalue weighted by Crippen LogP contribution is -2.40. The minimum Gasteiger partial charge on any atom is -0.390 e. The highest BCUT2D eigenvalue weighted by molar-refractivity contribution is 7.18. The molecule has 1 aliphatic rings. The zero-order valence-corrected chi connectivity index (χ0v) is 14.8. The summed E-state index contributed by atoms with van der Waals surface area (Å²) in [5.41, 5.74) is 3.61. The number of nitrogens with zero attached hydrogens (tertiary/aromatic N) is 3. The maximum atomic E-state index is 12.6. The first-order valence-electron chi connectivity index (χ1n) is 8.23. The van der Waals surface area contributed by atoms with E-state index in [0.717, 1.165) is 16.2 Å². The van der Waals surface area contributed by atoms with E-state index in [2.05, 4.69) is 4.98 Å². The molecule has 0 radical (unpaired) electrons. The van der Waals surface area contributed by atoms with E-state index >= 15 is 0 Å². The van der Waals surface area contributed by atoms with E-state index in [-0.39, 0.29) is 12.5 Å². The number of ether oxygens (including phenoxy) is 1. The highest BCUT2D eigenvalue weighted by atomic mass is 32.1. The first kappa shape index (κ1) is 16.3. The van der Waals surface area contributed by atoms with Crippen LogP contribution in [-0.2, 0) is 11.3 Å². The van der Waals surface area contributed by atoms with Crippen LogP contribution in [0.5, 0.6) is 0 Å². The second-order valence-corrected chi connectivity index (χ2v) is 7.09. The summed E-state index contributed by atoms with van der Waals surface area (Å²) < 4.78 is 7.13. The third-order valence-corrected chi connectivity index (χ3v) is 5.38. The second-order valence-electron chi connectivity index (χ2n) is 6.08. The molecule has 6 nitrogen and oxygen atoms in total. The summed E-state index contributed by atoms with van der Waals surface area (Å²) in [4.78, 5) is 20.4. The molecule has 0 saturated carbocycles. The first-order valence-corrected chi connectivity index (χ1v) is 9.04. The summed E-state index contributed by atoms with van der Waals surface area (Å²) in [7, 11) is 0. The minimum atomic E-state index is -0.133. The number of imidazole rings is 1. The van der Waals surface area contributed by atoms with Gasteiger partial charge in [-0.3, -0.25) is 9.20 Å². The zero-order valence-electron chi connectivity index (χ0n) is 13.9. The van der Waals surface area contributed by atoms with Gasteiger partial charge in [0.1, 0.15) is 4.88 Å². The topological polar surface area (TPSA) is 67.1 Å². The normalized spacial score (nSPS) is 15.0. The molecule has 7 heteroatoms. The van der Waals surface area contributed by atoms with E-state index in [9.17, 15) is 9.90 Å². The lowest BCUT2D eigenvalue weighted by molar-refractivity contribution is 0.0306. The number of aliphatic hydroxyl groups is 1. The Labute approximate surface area is 149 Å². The fourth-order valence-corrected chi connectivity index (χ4v) is 3.97. The lowest BCUT2D eigenvalue weighted by atomic mass is 10.1. The Morgan fingerprint density at radius 3 is 2.68 bits per heavy atom. The number of thiazole rings is 1. The third kappa shape index (κ3) is 2.95. The van der Waals surface area contributed by atoms with E-state index in [4.69, 9.17) is 4.74 Å². The number of amides is 1. The Hall–Kier alpha value is -2.22. The molecule has 4 rings (SSSR count). The summed E-state index contributed by atoms with van der Waals surface area (Å²) in [6, 6.07) is 8.05. The Kier molecular flexibility index (Phi) is 4.29. The number of benzene rings is 1. The number of carbonyl (C=O) groups is 1. The van der Waals surface area contributed by atoms with Gasteiger partial charge in [0, 0.05) is 24.8 Å². The molecular weight excluding hydrogens is 338 g/mol. The molecule has 130 valence electrons. The quantitative estimate of drug-likeness (QED) is 0.781. The largest absolute Gasteiger partial charge is 0.390 e. The summed E-state index contributed by atoms with van der Waals surface area (Å²) in [6.07, 6.45) is 1.79. The summed E-state index contributed by atoms with van der Waals surface area (Å²) in [5.74, 6) is -0.000393. The fourth-order valence-electron chi connectivity index (χ4n) is 3.01. The molecule has 3 aromatic rings. The SMILES string of the molecule is Cc1ccc(-c2nc3sc(C(=O)N4CCOCC4)cn3c2CO)cc1. The number of aromatic nitrogens is 2. The first-order chi connectivity index (χ1) is 12.2. The van der Waals surface area contributed by atoms with Crippen molar-refractivity contribution in [2.24, 2.45) is 0 Å². The molecule has 0 aliphatic carbocycles.